The number of rotatable bonds is 4. The van der Waals surface area contributed by atoms with Crippen molar-refractivity contribution in [3.63, 3.8) is 0 Å². The van der Waals surface area contributed by atoms with Gasteiger partial charge in [0.2, 0.25) is 4.87 Å². The van der Waals surface area contributed by atoms with Gasteiger partial charge in [0.15, 0.2) is 0 Å². The summed E-state index contributed by atoms with van der Waals surface area (Å²) in [5, 5.41) is 10.1. The van der Waals surface area contributed by atoms with Crippen LogP contribution in [0.3, 0.4) is 0 Å². The molecule has 0 radical (unpaired) electrons. The van der Waals surface area contributed by atoms with Crippen molar-refractivity contribution in [1.82, 2.24) is 4.90 Å². The molecule has 1 fully saturated rings. The van der Waals surface area contributed by atoms with Gasteiger partial charge in [0.25, 0.3) is 0 Å². The van der Waals surface area contributed by atoms with Gasteiger partial charge in [0, 0.05) is 6.54 Å². The molecule has 0 unspecified atom stereocenters. The first-order chi connectivity index (χ1) is 9.45. The fraction of sp³-hybridized carbons (Fsp3) is 0.750. The third-order valence-corrected chi connectivity index (χ3v) is 4.33. The van der Waals surface area contributed by atoms with Crippen LogP contribution in [0.5, 0.6) is 0 Å². The Bertz CT molecular complexity index is 401. The first-order valence-electron chi connectivity index (χ1n) is 6.34. The molecule has 1 aliphatic rings. The van der Waals surface area contributed by atoms with Crippen LogP contribution in [0.15, 0.2) is 0 Å². The number of carbonyl (C=O) groups excluding carboxylic acids is 3. The monoisotopic (exact) mass is 305 g/mol. The zero-order valence-corrected chi connectivity index (χ0v) is 12.6. The van der Waals surface area contributed by atoms with Crippen molar-refractivity contribution in [1.29, 1.82) is 0 Å². The van der Waals surface area contributed by atoms with E-state index in [1.54, 1.807) is 20.1 Å². The summed E-state index contributed by atoms with van der Waals surface area (Å²) in [5.74, 6) is -2.70. The summed E-state index contributed by atoms with van der Waals surface area (Å²) >= 11 is 0.981. The summed E-state index contributed by atoms with van der Waals surface area (Å²) in [5.41, 5.74) is 0. The number of ether oxygens (including phenoxy) is 2. The number of esters is 2. The normalized spacial score (nSPS) is 25.4. The lowest BCUT2D eigenvalue weighted by Gasteiger charge is -2.35. The Hall–Kier alpha value is -1.28. The topological polar surface area (TPSA) is 93.1 Å². The van der Waals surface area contributed by atoms with E-state index in [1.807, 2.05) is 0 Å². The number of nitrogens with zero attached hydrogens (tertiary/aromatic N) is 1. The summed E-state index contributed by atoms with van der Waals surface area (Å²) < 4.78 is 9.60. The van der Waals surface area contributed by atoms with Gasteiger partial charge in [-0.25, -0.2) is 9.59 Å². The first kappa shape index (κ1) is 16.8. The van der Waals surface area contributed by atoms with E-state index >= 15 is 0 Å². The maximum absolute atomic E-state index is 12.2. The highest BCUT2D eigenvalue weighted by atomic mass is 32.2. The maximum atomic E-state index is 12.2. The van der Waals surface area contributed by atoms with Crippen LogP contribution in [-0.2, 0) is 23.9 Å². The fourth-order valence-electron chi connectivity index (χ4n) is 2.16. The van der Waals surface area contributed by atoms with E-state index in [-0.39, 0.29) is 26.2 Å². The third-order valence-electron chi connectivity index (χ3n) is 3.05. The number of amides is 1. The minimum Gasteiger partial charge on any atom is -0.464 e. The number of hydrogen-bond acceptors (Lipinski definition) is 7. The van der Waals surface area contributed by atoms with Crippen molar-refractivity contribution in [2.45, 2.75) is 31.2 Å². The summed E-state index contributed by atoms with van der Waals surface area (Å²) in [6.07, 6.45) is 0.691. The summed E-state index contributed by atoms with van der Waals surface area (Å²) in [4.78, 5) is 35.3. The molecule has 1 amide bonds. The number of aliphatic hydroxyl groups is 1. The number of aliphatic hydroxyl groups excluding tert-OH is 1. The van der Waals surface area contributed by atoms with Gasteiger partial charge >= 0.3 is 17.8 Å². The lowest BCUT2D eigenvalue weighted by atomic mass is 10.1. The van der Waals surface area contributed by atoms with Crippen LogP contribution in [-0.4, -0.2) is 64.8 Å². The molecule has 1 heterocycles. The molecule has 7 nitrogen and oxygen atoms in total. The molecule has 0 bridgehead atoms. The van der Waals surface area contributed by atoms with E-state index in [0.29, 0.717) is 0 Å². The molecule has 1 aliphatic heterocycles. The molecule has 1 saturated heterocycles. The summed E-state index contributed by atoms with van der Waals surface area (Å²) in [7, 11) is 0. The smallest absolute Gasteiger partial charge is 0.397 e. The van der Waals surface area contributed by atoms with Gasteiger partial charge in [-0.3, -0.25) is 4.79 Å². The Kier molecular flexibility index (Phi) is 5.82. The molecule has 20 heavy (non-hydrogen) atoms. The molecule has 1 N–H and O–H groups in total. The van der Waals surface area contributed by atoms with Crippen molar-refractivity contribution in [3.05, 3.63) is 0 Å². The molecular weight excluding hydrogens is 286 g/mol. The predicted octanol–water partition coefficient (Wildman–Crippen LogP) is -0.235. The first-order valence-corrected chi connectivity index (χ1v) is 7.57. The molecule has 0 aromatic heterocycles. The molecule has 0 aromatic carbocycles. The number of thioether (sulfide) groups is 1. The zero-order valence-electron chi connectivity index (χ0n) is 11.7. The quantitative estimate of drug-likeness (QED) is 0.566. The van der Waals surface area contributed by atoms with Gasteiger partial charge in [0.1, 0.15) is 0 Å². The fourth-order valence-corrected chi connectivity index (χ4v) is 3.17. The van der Waals surface area contributed by atoms with Crippen LogP contribution >= 0.6 is 11.8 Å². The average Bonchev–Trinajstić information content (AvgIpc) is 2.76. The Morgan fingerprint density at radius 1 is 1.30 bits per heavy atom. The summed E-state index contributed by atoms with van der Waals surface area (Å²) in [6.45, 7) is 3.49. The lowest BCUT2D eigenvalue weighted by Crippen LogP contribution is -2.58. The molecular formula is C12H19NO6S. The molecule has 114 valence electrons. The van der Waals surface area contributed by atoms with Gasteiger partial charge in [-0.15, -0.1) is 11.8 Å². The molecule has 2 atom stereocenters. The molecule has 0 saturated carbocycles. The molecule has 1 rings (SSSR count). The van der Waals surface area contributed by atoms with Crippen molar-refractivity contribution in [3.8, 4) is 0 Å². The predicted molar refractivity (Wildman–Crippen MR) is 71.8 cm³/mol. The minimum absolute atomic E-state index is 0.0621. The highest BCUT2D eigenvalue weighted by Gasteiger charge is 2.58. The number of likely N-dealkylation sites (tertiary alicyclic amines) is 1. The Labute approximate surface area is 121 Å². The van der Waals surface area contributed by atoms with Crippen molar-refractivity contribution in [2.75, 3.05) is 26.0 Å². The minimum atomic E-state index is -1.58. The van der Waals surface area contributed by atoms with Crippen LogP contribution in [0.25, 0.3) is 0 Å². The Morgan fingerprint density at radius 3 is 2.40 bits per heavy atom. The van der Waals surface area contributed by atoms with Crippen molar-refractivity contribution < 1.29 is 29.0 Å². The van der Waals surface area contributed by atoms with Crippen molar-refractivity contribution in [2.24, 2.45) is 0 Å². The second kappa shape index (κ2) is 6.94. The molecule has 0 spiro atoms. The standard InChI is InChI=1S/C12H19NO6S/c1-4-18-10(16)9(15)13-7-6-8(14)12(13,20-3)11(17)19-5-2/h8,14H,4-7H2,1-3H3/t8-,12+/m0/s1. The van der Waals surface area contributed by atoms with E-state index in [2.05, 4.69) is 4.74 Å². The van der Waals surface area contributed by atoms with Crippen LogP contribution < -0.4 is 0 Å². The van der Waals surface area contributed by atoms with Crippen molar-refractivity contribution >= 4 is 29.6 Å². The lowest BCUT2D eigenvalue weighted by molar-refractivity contribution is -0.166. The van der Waals surface area contributed by atoms with Gasteiger partial charge in [-0.2, -0.15) is 0 Å². The van der Waals surface area contributed by atoms with Crippen LogP contribution in [0.1, 0.15) is 20.3 Å². The Morgan fingerprint density at radius 2 is 1.90 bits per heavy atom. The highest BCUT2D eigenvalue weighted by Crippen LogP contribution is 2.39. The zero-order chi connectivity index (χ0) is 15.3. The second-order valence-electron chi connectivity index (χ2n) is 4.10. The van der Waals surface area contributed by atoms with E-state index in [0.717, 1.165) is 16.7 Å². The average molecular weight is 305 g/mol. The largest absolute Gasteiger partial charge is 0.464 e. The van der Waals surface area contributed by atoms with E-state index in [1.165, 1.54) is 0 Å². The number of hydrogen-bond donors (Lipinski definition) is 1. The number of carbonyl (C=O) groups is 3. The van der Waals surface area contributed by atoms with Gasteiger partial charge in [-0.1, -0.05) is 0 Å². The maximum Gasteiger partial charge on any atom is 0.397 e. The van der Waals surface area contributed by atoms with Crippen LogP contribution in [0, 0.1) is 0 Å². The van der Waals surface area contributed by atoms with Crippen LogP contribution in [0.4, 0.5) is 0 Å². The Balaban J connectivity index is 3.07. The summed E-state index contributed by atoms with van der Waals surface area (Å²) in [6, 6.07) is 0. The van der Waals surface area contributed by atoms with E-state index in [4.69, 9.17) is 4.74 Å². The molecule has 0 aliphatic carbocycles. The van der Waals surface area contributed by atoms with E-state index < -0.39 is 28.8 Å². The highest BCUT2D eigenvalue weighted by molar-refractivity contribution is 8.00. The molecule has 0 aromatic rings. The van der Waals surface area contributed by atoms with Gasteiger partial charge < -0.3 is 19.5 Å². The van der Waals surface area contributed by atoms with Gasteiger partial charge in [0.05, 0.1) is 19.3 Å². The second-order valence-corrected chi connectivity index (χ2v) is 5.13. The third kappa shape index (κ3) is 2.76. The van der Waals surface area contributed by atoms with Gasteiger partial charge in [-0.05, 0) is 26.5 Å². The van der Waals surface area contributed by atoms with Crippen LogP contribution in [0.2, 0.25) is 0 Å². The van der Waals surface area contributed by atoms with E-state index in [9.17, 15) is 19.5 Å². The SMILES string of the molecule is CCOC(=O)C(=O)N1CC[C@H](O)[C@@]1(SC)C(=O)OCC. The molecule has 8 heteroatoms.